The fourth-order valence-corrected chi connectivity index (χ4v) is 0.759. The molecule has 0 spiro atoms. The standard InChI is InChI=1S/C5H7N5O3/c6-4(7)9-10-3(12)1-2(11)8-5(10)13/h1H2,(H4,6,7,9)(H,8,11,13). The van der Waals surface area contributed by atoms with E-state index in [0.717, 1.165) is 0 Å². The minimum Gasteiger partial charge on any atom is -0.369 e. The second-order valence-corrected chi connectivity index (χ2v) is 2.26. The minimum absolute atomic E-state index is 0.413. The van der Waals surface area contributed by atoms with Crippen LogP contribution >= 0.6 is 0 Å². The van der Waals surface area contributed by atoms with E-state index in [9.17, 15) is 14.4 Å². The number of nitrogens with zero attached hydrogens (tertiary/aromatic N) is 2. The van der Waals surface area contributed by atoms with Crippen LogP contribution in [0, 0.1) is 0 Å². The summed E-state index contributed by atoms with van der Waals surface area (Å²) in [5.74, 6) is -1.86. The van der Waals surface area contributed by atoms with Crippen molar-refractivity contribution in [1.29, 1.82) is 0 Å². The first-order chi connectivity index (χ1) is 6.00. The molecular weight excluding hydrogens is 178 g/mol. The highest BCUT2D eigenvalue weighted by atomic mass is 16.2. The average molecular weight is 185 g/mol. The van der Waals surface area contributed by atoms with Crippen molar-refractivity contribution in [3.8, 4) is 0 Å². The molecule has 1 saturated heterocycles. The molecule has 4 amide bonds. The monoisotopic (exact) mass is 185 g/mol. The molecule has 13 heavy (non-hydrogen) atoms. The molecule has 1 aliphatic heterocycles. The van der Waals surface area contributed by atoms with Crippen molar-refractivity contribution in [1.82, 2.24) is 10.3 Å². The molecule has 8 nitrogen and oxygen atoms in total. The van der Waals surface area contributed by atoms with Crippen LogP contribution in [0.3, 0.4) is 0 Å². The van der Waals surface area contributed by atoms with Gasteiger partial charge in [0, 0.05) is 0 Å². The molecule has 1 fully saturated rings. The molecule has 1 aliphatic rings. The summed E-state index contributed by atoms with van der Waals surface area (Å²) in [5, 5.41) is 5.51. The van der Waals surface area contributed by atoms with Crippen LogP contribution in [0.25, 0.3) is 0 Å². The van der Waals surface area contributed by atoms with Crippen molar-refractivity contribution in [3.63, 3.8) is 0 Å². The molecule has 0 aromatic rings. The summed E-state index contributed by atoms with van der Waals surface area (Å²) in [4.78, 5) is 32.5. The van der Waals surface area contributed by atoms with E-state index in [2.05, 4.69) is 5.10 Å². The van der Waals surface area contributed by atoms with Gasteiger partial charge in [0.15, 0.2) is 0 Å². The first kappa shape index (κ1) is 8.97. The number of hydrogen-bond donors (Lipinski definition) is 3. The Kier molecular flexibility index (Phi) is 2.13. The number of imide groups is 2. The summed E-state index contributed by atoms with van der Waals surface area (Å²) in [6, 6.07) is -0.949. The van der Waals surface area contributed by atoms with Gasteiger partial charge in [-0.1, -0.05) is 0 Å². The van der Waals surface area contributed by atoms with Gasteiger partial charge >= 0.3 is 6.03 Å². The number of guanidine groups is 1. The molecule has 0 atom stereocenters. The zero-order chi connectivity index (χ0) is 10.0. The molecule has 0 aromatic carbocycles. The predicted molar refractivity (Wildman–Crippen MR) is 40.8 cm³/mol. The van der Waals surface area contributed by atoms with Gasteiger partial charge in [0.25, 0.3) is 5.91 Å². The first-order valence-electron chi connectivity index (χ1n) is 3.27. The Labute approximate surface area is 72.5 Å². The number of carbonyl (C=O) groups is 3. The average Bonchev–Trinajstić information content (AvgIpc) is 1.96. The largest absolute Gasteiger partial charge is 0.369 e. The zero-order valence-electron chi connectivity index (χ0n) is 6.48. The molecule has 0 radical (unpaired) electrons. The highest BCUT2D eigenvalue weighted by molar-refractivity contribution is 6.14. The van der Waals surface area contributed by atoms with Gasteiger partial charge in [-0.05, 0) is 0 Å². The molecule has 5 N–H and O–H groups in total. The van der Waals surface area contributed by atoms with Crippen LogP contribution < -0.4 is 16.8 Å². The fourth-order valence-electron chi connectivity index (χ4n) is 0.759. The fraction of sp³-hybridized carbons (Fsp3) is 0.200. The number of carbonyl (C=O) groups excluding carboxylic acids is 3. The first-order valence-corrected chi connectivity index (χ1v) is 3.27. The number of urea groups is 1. The van der Waals surface area contributed by atoms with Crippen LogP contribution in [0.2, 0.25) is 0 Å². The molecule has 70 valence electrons. The van der Waals surface area contributed by atoms with E-state index in [-0.39, 0.29) is 0 Å². The van der Waals surface area contributed by atoms with E-state index < -0.39 is 30.2 Å². The molecule has 0 unspecified atom stereocenters. The topological polar surface area (TPSA) is 131 Å². The summed E-state index contributed by atoms with van der Waals surface area (Å²) in [6.07, 6.45) is -0.442. The number of hydrazone groups is 1. The Morgan fingerprint density at radius 2 is 2.00 bits per heavy atom. The van der Waals surface area contributed by atoms with Crippen LogP contribution in [0.4, 0.5) is 4.79 Å². The molecule has 0 saturated carbocycles. The summed E-state index contributed by atoms with van der Waals surface area (Å²) in [7, 11) is 0. The lowest BCUT2D eigenvalue weighted by atomic mass is 10.3. The number of amides is 4. The highest BCUT2D eigenvalue weighted by Gasteiger charge is 2.30. The zero-order valence-corrected chi connectivity index (χ0v) is 6.48. The van der Waals surface area contributed by atoms with Crippen molar-refractivity contribution in [2.45, 2.75) is 6.42 Å². The van der Waals surface area contributed by atoms with Gasteiger partial charge in [-0.15, -0.1) is 10.1 Å². The lowest BCUT2D eigenvalue weighted by Gasteiger charge is -2.19. The normalized spacial score (nSPS) is 16.9. The Balaban J connectivity index is 2.85. The van der Waals surface area contributed by atoms with E-state index in [1.54, 1.807) is 0 Å². The van der Waals surface area contributed by atoms with Gasteiger partial charge in [0.1, 0.15) is 6.42 Å². The number of nitrogens with two attached hydrogens (primary N) is 2. The third-order valence-corrected chi connectivity index (χ3v) is 1.20. The molecule has 8 heteroatoms. The maximum absolute atomic E-state index is 11.0. The third kappa shape index (κ3) is 1.92. The molecule has 0 aliphatic carbocycles. The van der Waals surface area contributed by atoms with Crippen LogP contribution in [0.15, 0.2) is 5.10 Å². The van der Waals surface area contributed by atoms with Crippen LogP contribution in [-0.2, 0) is 9.59 Å². The number of nitrogens with one attached hydrogen (secondary N) is 1. The van der Waals surface area contributed by atoms with Crippen molar-refractivity contribution in [2.24, 2.45) is 16.6 Å². The molecule has 1 heterocycles. The Morgan fingerprint density at radius 3 is 2.46 bits per heavy atom. The van der Waals surface area contributed by atoms with E-state index in [1.165, 1.54) is 0 Å². The van der Waals surface area contributed by atoms with E-state index in [4.69, 9.17) is 11.5 Å². The van der Waals surface area contributed by atoms with Crippen LogP contribution in [-0.4, -0.2) is 28.8 Å². The quantitative estimate of drug-likeness (QED) is 0.239. The van der Waals surface area contributed by atoms with E-state index >= 15 is 0 Å². The van der Waals surface area contributed by atoms with Crippen LogP contribution in [0.1, 0.15) is 6.42 Å². The SMILES string of the molecule is NC(N)=NN1C(=O)CC(=O)NC1=O. The van der Waals surface area contributed by atoms with Crippen molar-refractivity contribution < 1.29 is 14.4 Å². The molecule has 0 aromatic heterocycles. The van der Waals surface area contributed by atoms with Gasteiger partial charge < -0.3 is 11.5 Å². The Bertz CT molecular complexity index is 285. The second-order valence-electron chi connectivity index (χ2n) is 2.26. The Hall–Kier alpha value is -2.12. The summed E-state index contributed by atoms with van der Waals surface area (Å²) < 4.78 is 0. The van der Waals surface area contributed by atoms with E-state index in [0.29, 0.717) is 5.01 Å². The van der Waals surface area contributed by atoms with Gasteiger partial charge in [-0.3, -0.25) is 14.9 Å². The molecule has 0 bridgehead atoms. The minimum atomic E-state index is -0.949. The number of barbiturate groups is 1. The second kappa shape index (κ2) is 3.09. The Morgan fingerprint density at radius 1 is 1.38 bits per heavy atom. The maximum Gasteiger partial charge on any atom is 0.351 e. The summed E-state index contributed by atoms with van der Waals surface area (Å²) >= 11 is 0. The smallest absolute Gasteiger partial charge is 0.351 e. The van der Waals surface area contributed by atoms with Gasteiger partial charge in [-0.2, -0.15) is 0 Å². The third-order valence-electron chi connectivity index (χ3n) is 1.20. The van der Waals surface area contributed by atoms with Crippen molar-refractivity contribution >= 4 is 23.8 Å². The summed E-state index contributed by atoms with van der Waals surface area (Å²) in [5.41, 5.74) is 9.90. The summed E-state index contributed by atoms with van der Waals surface area (Å²) in [6.45, 7) is 0. The van der Waals surface area contributed by atoms with E-state index in [1.807, 2.05) is 5.32 Å². The van der Waals surface area contributed by atoms with Gasteiger partial charge in [-0.25, -0.2) is 4.79 Å². The maximum atomic E-state index is 11.0. The molecular formula is C5H7N5O3. The van der Waals surface area contributed by atoms with Crippen LogP contribution in [0.5, 0.6) is 0 Å². The number of rotatable bonds is 1. The lowest BCUT2D eigenvalue weighted by Crippen LogP contribution is -2.51. The van der Waals surface area contributed by atoms with Crippen molar-refractivity contribution in [2.75, 3.05) is 0 Å². The lowest BCUT2D eigenvalue weighted by molar-refractivity contribution is -0.136. The predicted octanol–water partition coefficient (Wildman–Crippen LogP) is -2.36. The van der Waals surface area contributed by atoms with Crippen molar-refractivity contribution in [3.05, 3.63) is 0 Å². The molecule has 1 rings (SSSR count). The number of hydrogen-bond acceptors (Lipinski definition) is 4. The van der Waals surface area contributed by atoms with Gasteiger partial charge in [0.05, 0.1) is 0 Å². The van der Waals surface area contributed by atoms with Gasteiger partial charge in [0.2, 0.25) is 11.9 Å². The highest BCUT2D eigenvalue weighted by Crippen LogP contribution is 2.02.